The Morgan fingerprint density at radius 3 is 2.36 bits per heavy atom. The molecule has 0 aromatic heterocycles. The zero-order valence-electron chi connectivity index (χ0n) is 13.6. The van der Waals surface area contributed by atoms with Crippen molar-refractivity contribution in [3.8, 4) is 5.75 Å². The van der Waals surface area contributed by atoms with Crippen LogP contribution in [0.2, 0.25) is 0 Å². The van der Waals surface area contributed by atoms with Crippen LogP contribution in [0, 0.1) is 6.92 Å². The summed E-state index contributed by atoms with van der Waals surface area (Å²) in [6, 6.07) is 11.0. The zero-order valence-corrected chi connectivity index (χ0v) is 13.6. The summed E-state index contributed by atoms with van der Waals surface area (Å²) in [5.74, 6) is 1.17. The van der Waals surface area contributed by atoms with Crippen molar-refractivity contribution >= 4 is 11.5 Å². The lowest BCUT2D eigenvalue weighted by atomic mass is 9.92. The lowest BCUT2D eigenvalue weighted by Gasteiger charge is -2.16. The Morgan fingerprint density at radius 1 is 1.18 bits per heavy atom. The van der Waals surface area contributed by atoms with E-state index in [0.29, 0.717) is 23.8 Å². The third-order valence-electron chi connectivity index (χ3n) is 3.70. The first-order chi connectivity index (χ1) is 10.4. The van der Waals surface area contributed by atoms with Crippen molar-refractivity contribution in [1.82, 2.24) is 0 Å². The normalized spacial score (nSPS) is 10.8. The van der Waals surface area contributed by atoms with E-state index in [9.17, 15) is 4.79 Å². The van der Waals surface area contributed by atoms with Gasteiger partial charge < -0.3 is 10.5 Å². The van der Waals surface area contributed by atoms with Gasteiger partial charge in [-0.2, -0.15) is 0 Å². The lowest BCUT2D eigenvalue weighted by Crippen LogP contribution is -2.07. The first-order valence-corrected chi connectivity index (χ1v) is 7.61. The number of hydrogen-bond acceptors (Lipinski definition) is 3. The molecular weight excluding hydrogens is 274 g/mol. The minimum absolute atomic E-state index is 0.0162. The Hall–Kier alpha value is -2.29. The molecule has 3 nitrogen and oxygen atoms in total. The van der Waals surface area contributed by atoms with Crippen LogP contribution >= 0.6 is 0 Å². The molecule has 0 aliphatic heterocycles. The van der Waals surface area contributed by atoms with Gasteiger partial charge in [0.1, 0.15) is 5.75 Å². The predicted molar refractivity (Wildman–Crippen MR) is 90.7 cm³/mol. The fraction of sp³-hybridized carbons (Fsp3) is 0.316. The second kappa shape index (κ2) is 6.65. The first kappa shape index (κ1) is 16.1. The van der Waals surface area contributed by atoms with E-state index in [4.69, 9.17) is 10.5 Å². The van der Waals surface area contributed by atoms with Crippen molar-refractivity contribution in [2.24, 2.45) is 0 Å². The van der Waals surface area contributed by atoms with Gasteiger partial charge in [0, 0.05) is 16.8 Å². The molecule has 3 heteroatoms. The molecule has 0 amide bonds. The number of aryl methyl sites for hydroxylation is 1. The monoisotopic (exact) mass is 297 g/mol. The largest absolute Gasteiger partial charge is 0.494 e. The molecule has 2 aromatic rings. The van der Waals surface area contributed by atoms with E-state index < -0.39 is 0 Å². The molecule has 0 heterocycles. The molecular formula is C19H23NO2. The smallest absolute Gasteiger partial charge is 0.193 e. The highest BCUT2D eigenvalue weighted by Gasteiger charge is 2.17. The molecule has 0 unspecified atom stereocenters. The van der Waals surface area contributed by atoms with Crippen LogP contribution in [-0.4, -0.2) is 12.4 Å². The Labute approximate surface area is 132 Å². The molecule has 2 aromatic carbocycles. The third kappa shape index (κ3) is 3.30. The van der Waals surface area contributed by atoms with E-state index in [0.717, 1.165) is 22.4 Å². The number of nitrogens with two attached hydrogens (primary N) is 1. The van der Waals surface area contributed by atoms with E-state index in [1.165, 1.54) is 0 Å². The minimum atomic E-state index is 0.0162. The van der Waals surface area contributed by atoms with Crippen LogP contribution < -0.4 is 10.5 Å². The summed E-state index contributed by atoms with van der Waals surface area (Å²) in [5, 5.41) is 0. The topological polar surface area (TPSA) is 52.3 Å². The summed E-state index contributed by atoms with van der Waals surface area (Å²) in [5.41, 5.74) is 9.70. The SMILES string of the molecule is CCOc1cc(C)c(C(=O)c2ccc(N)cc2)cc1C(C)C. The second-order valence-corrected chi connectivity index (χ2v) is 5.74. The molecule has 0 aliphatic carbocycles. The summed E-state index contributed by atoms with van der Waals surface area (Å²) in [6.07, 6.45) is 0. The first-order valence-electron chi connectivity index (χ1n) is 7.61. The third-order valence-corrected chi connectivity index (χ3v) is 3.70. The predicted octanol–water partition coefficient (Wildman–Crippen LogP) is 4.33. The van der Waals surface area contributed by atoms with E-state index >= 15 is 0 Å². The molecule has 0 aliphatic rings. The molecule has 116 valence electrons. The molecule has 2 N–H and O–H groups in total. The van der Waals surface area contributed by atoms with Gasteiger partial charge >= 0.3 is 0 Å². The van der Waals surface area contributed by atoms with Gasteiger partial charge in [0.05, 0.1) is 6.61 Å². The van der Waals surface area contributed by atoms with Crippen molar-refractivity contribution in [3.63, 3.8) is 0 Å². The quantitative estimate of drug-likeness (QED) is 0.660. The fourth-order valence-electron chi connectivity index (χ4n) is 2.46. The molecule has 0 saturated heterocycles. The maximum absolute atomic E-state index is 12.7. The number of rotatable bonds is 5. The standard InChI is InChI=1S/C19H23NO2/c1-5-22-18-10-13(4)17(11-16(18)12(2)3)19(21)14-6-8-15(20)9-7-14/h6-12H,5,20H2,1-4H3. The van der Waals surface area contributed by atoms with Crippen LogP contribution in [0.3, 0.4) is 0 Å². The molecule has 0 fully saturated rings. The van der Waals surface area contributed by atoms with Gasteiger partial charge in [-0.3, -0.25) is 4.79 Å². The van der Waals surface area contributed by atoms with E-state index in [2.05, 4.69) is 13.8 Å². The van der Waals surface area contributed by atoms with Gasteiger partial charge in [0.2, 0.25) is 0 Å². The number of ether oxygens (including phenoxy) is 1. The lowest BCUT2D eigenvalue weighted by molar-refractivity contribution is 0.103. The Bertz CT molecular complexity index is 673. The average molecular weight is 297 g/mol. The minimum Gasteiger partial charge on any atom is -0.494 e. The molecule has 0 saturated carbocycles. The van der Waals surface area contributed by atoms with Gasteiger partial charge in [-0.05, 0) is 67.3 Å². The number of ketones is 1. The van der Waals surface area contributed by atoms with Crippen LogP contribution in [0.15, 0.2) is 36.4 Å². The number of nitrogen functional groups attached to an aromatic ring is 1. The molecule has 0 atom stereocenters. The van der Waals surface area contributed by atoms with Gasteiger partial charge in [0.25, 0.3) is 0 Å². The molecule has 0 radical (unpaired) electrons. The summed E-state index contributed by atoms with van der Waals surface area (Å²) < 4.78 is 5.71. The average Bonchev–Trinajstić information content (AvgIpc) is 2.47. The summed E-state index contributed by atoms with van der Waals surface area (Å²) in [6.45, 7) is 8.73. The summed E-state index contributed by atoms with van der Waals surface area (Å²) in [7, 11) is 0. The van der Waals surface area contributed by atoms with Crippen molar-refractivity contribution in [1.29, 1.82) is 0 Å². The van der Waals surface area contributed by atoms with Gasteiger partial charge in [-0.25, -0.2) is 0 Å². The maximum Gasteiger partial charge on any atom is 0.193 e. The Kier molecular flexibility index (Phi) is 4.86. The van der Waals surface area contributed by atoms with Crippen molar-refractivity contribution < 1.29 is 9.53 Å². The van der Waals surface area contributed by atoms with Crippen molar-refractivity contribution in [2.45, 2.75) is 33.6 Å². The molecule has 0 spiro atoms. The van der Waals surface area contributed by atoms with Crippen LogP contribution in [0.4, 0.5) is 5.69 Å². The van der Waals surface area contributed by atoms with E-state index in [1.807, 2.05) is 26.0 Å². The molecule has 2 rings (SSSR count). The summed E-state index contributed by atoms with van der Waals surface area (Å²) in [4.78, 5) is 12.7. The number of benzene rings is 2. The van der Waals surface area contributed by atoms with E-state index in [-0.39, 0.29) is 5.78 Å². The number of anilines is 1. The van der Waals surface area contributed by atoms with Gasteiger partial charge in [-0.15, -0.1) is 0 Å². The number of carbonyl (C=O) groups is 1. The molecule has 0 bridgehead atoms. The van der Waals surface area contributed by atoms with Crippen molar-refractivity contribution in [2.75, 3.05) is 12.3 Å². The maximum atomic E-state index is 12.7. The van der Waals surface area contributed by atoms with Gasteiger partial charge in [-0.1, -0.05) is 13.8 Å². The molecule has 22 heavy (non-hydrogen) atoms. The van der Waals surface area contributed by atoms with Crippen molar-refractivity contribution in [3.05, 3.63) is 58.7 Å². The number of carbonyl (C=O) groups excluding carboxylic acids is 1. The Morgan fingerprint density at radius 2 is 1.82 bits per heavy atom. The van der Waals surface area contributed by atoms with Crippen LogP contribution in [0.5, 0.6) is 5.75 Å². The highest BCUT2D eigenvalue weighted by Crippen LogP contribution is 2.31. The zero-order chi connectivity index (χ0) is 16.3. The highest BCUT2D eigenvalue weighted by atomic mass is 16.5. The second-order valence-electron chi connectivity index (χ2n) is 5.74. The van der Waals surface area contributed by atoms with Crippen LogP contribution in [0.1, 0.15) is 53.7 Å². The van der Waals surface area contributed by atoms with E-state index in [1.54, 1.807) is 24.3 Å². The van der Waals surface area contributed by atoms with Crippen LogP contribution in [-0.2, 0) is 0 Å². The summed E-state index contributed by atoms with van der Waals surface area (Å²) >= 11 is 0. The fourth-order valence-corrected chi connectivity index (χ4v) is 2.46. The Balaban J connectivity index is 2.48. The van der Waals surface area contributed by atoms with Crippen LogP contribution in [0.25, 0.3) is 0 Å². The highest BCUT2D eigenvalue weighted by molar-refractivity contribution is 6.10. The number of hydrogen-bond donors (Lipinski definition) is 1. The van der Waals surface area contributed by atoms with Gasteiger partial charge in [0.15, 0.2) is 5.78 Å².